The molecule has 2 rings (SSSR count). The number of hydrogen-bond donors (Lipinski definition) is 2. The zero-order chi connectivity index (χ0) is 20.1. The maximum absolute atomic E-state index is 12.6. The van der Waals surface area contributed by atoms with Gasteiger partial charge in [0.2, 0.25) is 5.88 Å². The van der Waals surface area contributed by atoms with Gasteiger partial charge in [-0.15, -0.1) is 10.2 Å². The third kappa shape index (κ3) is 3.99. The molecule has 0 radical (unpaired) electrons. The largest absolute Gasteiger partial charge is 0.493 e. The summed E-state index contributed by atoms with van der Waals surface area (Å²) in [5, 5.41) is 47.1. The Morgan fingerprint density at radius 2 is 2.04 bits per heavy atom. The quantitative estimate of drug-likeness (QED) is 0.452. The van der Waals surface area contributed by atoms with Gasteiger partial charge >= 0.3 is 0 Å². The van der Waals surface area contributed by atoms with E-state index in [-0.39, 0.29) is 47.8 Å². The first-order chi connectivity index (χ1) is 12.8. The highest BCUT2D eigenvalue weighted by atomic mass is 16.6. The Morgan fingerprint density at radius 3 is 2.63 bits per heavy atom. The van der Waals surface area contributed by atoms with Gasteiger partial charge in [0.05, 0.1) is 10.6 Å². The molecular weight excluding hydrogens is 354 g/mol. The van der Waals surface area contributed by atoms with Crippen LogP contribution in [0.5, 0.6) is 5.88 Å². The number of nitro benzene ring substituents is 1. The fourth-order valence-corrected chi connectivity index (χ4v) is 2.42. The Balaban J connectivity index is 2.61. The monoisotopic (exact) mass is 371 g/mol. The van der Waals surface area contributed by atoms with Crippen LogP contribution in [0.4, 0.5) is 17.1 Å². The Hall–Kier alpha value is -3.58. The van der Waals surface area contributed by atoms with Crippen LogP contribution < -0.4 is 5.56 Å². The molecule has 0 unspecified atom stereocenters. The normalized spacial score (nSPS) is 10.9. The number of pyridine rings is 1. The van der Waals surface area contributed by atoms with Crippen LogP contribution >= 0.6 is 0 Å². The molecule has 2 N–H and O–H groups in total. The van der Waals surface area contributed by atoms with E-state index in [1.165, 1.54) is 25.1 Å². The summed E-state index contributed by atoms with van der Waals surface area (Å²) in [5.74, 6) is -0.501. The molecule has 0 fully saturated rings. The van der Waals surface area contributed by atoms with Gasteiger partial charge in [0.1, 0.15) is 11.6 Å². The minimum absolute atomic E-state index is 0.00547. The molecular formula is C17H17N5O5. The van der Waals surface area contributed by atoms with Crippen molar-refractivity contribution in [2.75, 3.05) is 6.61 Å². The molecule has 0 spiro atoms. The maximum atomic E-state index is 12.6. The van der Waals surface area contributed by atoms with E-state index in [1.807, 2.05) is 6.07 Å². The molecule has 0 aliphatic heterocycles. The number of aryl methyl sites for hydroxylation is 1. The summed E-state index contributed by atoms with van der Waals surface area (Å²) in [6, 6.07) is 5.88. The van der Waals surface area contributed by atoms with Crippen molar-refractivity contribution < 1.29 is 15.1 Å². The van der Waals surface area contributed by atoms with Crippen molar-refractivity contribution in [2.24, 2.45) is 10.2 Å². The summed E-state index contributed by atoms with van der Waals surface area (Å²) in [7, 11) is 0. The second kappa shape index (κ2) is 8.20. The Morgan fingerprint density at radius 1 is 1.33 bits per heavy atom. The summed E-state index contributed by atoms with van der Waals surface area (Å²) in [6.07, 6.45) is 0.196. The molecule has 0 saturated carbocycles. The van der Waals surface area contributed by atoms with Crippen LogP contribution in [-0.4, -0.2) is 26.3 Å². The first kappa shape index (κ1) is 19.7. The highest BCUT2D eigenvalue weighted by molar-refractivity contribution is 5.57. The molecule has 140 valence electrons. The lowest BCUT2D eigenvalue weighted by Crippen LogP contribution is -2.22. The zero-order valence-corrected chi connectivity index (χ0v) is 14.7. The van der Waals surface area contributed by atoms with Gasteiger partial charge in [0.25, 0.3) is 11.2 Å². The highest BCUT2D eigenvalue weighted by Crippen LogP contribution is 2.29. The van der Waals surface area contributed by atoms with E-state index in [1.54, 1.807) is 6.92 Å². The van der Waals surface area contributed by atoms with Gasteiger partial charge in [-0.1, -0.05) is 6.07 Å². The van der Waals surface area contributed by atoms with Gasteiger partial charge in [-0.3, -0.25) is 19.5 Å². The number of azo groups is 1. The fraction of sp³-hybridized carbons (Fsp3) is 0.294. The Labute approximate surface area is 153 Å². The van der Waals surface area contributed by atoms with E-state index in [9.17, 15) is 25.3 Å². The topological polar surface area (TPSA) is 154 Å². The van der Waals surface area contributed by atoms with Crippen molar-refractivity contribution >= 4 is 17.1 Å². The molecule has 0 amide bonds. The number of non-ortho nitro benzene ring substituents is 1. The van der Waals surface area contributed by atoms with Crippen molar-refractivity contribution in [3.63, 3.8) is 0 Å². The van der Waals surface area contributed by atoms with Gasteiger partial charge in [0.15, 0.2) is 5.69 Å². The van der Waals surface area contributed by atoms with Crippen LogP contribution in [0.15, 0.2) is 33.2 Å². The van der Waals surface area contributed by atoms with Crippen LogP contribution in [0.2, 0.25) is 0 Å². The molecule has 1 heterocycles. The van der Waals surface area contributed by atoms with E-state index < -0.39 is 16.4 Å². The molecule has 10 nitrogen and oxygen atoms in total. The average Bonchev–Trinajstić information content (AvgIpc) is 2.63. The summed E-state index contributed by atoms with van der Waals surface area (Å²) < 4.78 is 0.941. The van der Waals surface area contributed by atoms with Crippen LogP contribution in [0.25, 0.3) is 0 Å². The van der Waals surface area contributed by atoms with Crippen molar-refractivity contribution in [2.45, 2.75) is 26.8 Å². The molecule has 1 aromatic carbocycles. The number of aliphatic hydroxyl groups is 1. The van der Waals surface area contributed by atoms with Gasteiger partial charge < -0.3 is 10.2 Å². The number of hydrogen-bond acceptors (Lipinski definition) is 8. The van der Waals surface area contributed by atoms with E-state index in [2.05, 4.69) is 10.2 Å². The van der Waals surface area contributed by atoms with Crippen molar-refractivity contribution in [1.82, 2.24) is 4.57 Å². The van der Waals surface area contributed by atoms with Crippen molar-refractivity contribution in [3.05, 3.63) is 55.4 Å². The lowest BCUT2D eigenvalue weighted by atomic mass is 10.1. The van der Waals surface area contributed by atoms with E-state index in [4.69, 9.17) is 5.11 Å². The zero-order valence-electron chi connectivity index (χ0n) is 14.7. The predicted octanol–water partition coefficient (Wildman–Crippen LogP) is 2.75. The number of aromatic hydroxyl groups is 1. The molecule has 0 aliphatic carbocycles. The maximum Gasteiger partial charge on any atom is 0.281 e. The van der Waals surface area contributed by atoms with Crippen molar-refractivity contribution in [3.8, 4) is 11.9 Å². The number of aromatic nitrogens is 1. The molecule has 0 saturated heterocycles. The predicted molar refractivity (Wildman–Crippen MR) is 95.5 cm³/mol. The number of rotatable bonds is 6. The smallest absolute Gasteiger partial charge is 0.281 e. The first-order valence-electron chi connectivity index (χ1n) is 7.96. The molecule has 27 heavy (non-hydrogen) atoms. The van der Waals surface area contributed by atoms with E-state index >= 15 is 0 Å². The number of nitrogens with zero attached hydrogens (tertiary/aromatic N) is 5. The third-order valence-corrected chi connectivity index (χ3v) is 3.97. The highest BCUT2D eigenvalue weighted by Gasteiger charge is 2.19. The lowest BCUT2D eigenvalue weighted by Gasteiger charge is -2.12. The second-order valence-corrected chi connectivity index (χ2v) is 5.75. The standard InChI is InChI=1S/C17H17N5O5/c1-10-4-5-12(22(26)27)8-14(10)19-20-15-11(2)13(9-18)16(24)21(17(15)25)6-3-7-23/h4-5,8,23-24H,3,6-7H2,1-2H3. The number of nitro groups is 1. The second-order valence-electron chi connectivity index (χ2n) is 5.75. The number of aliphatic hydroxyl groups excluding tert-OH is 1. The first-order valence-corrected chi connectivity index (χ1v) is 7.96. The van der Waals surface area contributed by atoms with Gasteiger partial charge in [-0.2, -0.15) is 5.26 Å². The molecule has 10 heteroatoms. The van der Waals surface area contributed by atoms with Crippen molar-refractivity contribution in [1.29, 1.82) is 5.26 Å². The summed E-state index contributed by atoms with van der Waals surface area (Å²) in [6.45, 7) is 2.92. The summed E-state index contributed by atoms with van der Waals surface area (Å²) in [4.78, 5) is 23.0. The van der Waals surface area contributed by atoms with Crippen LogP contribution in [0.3, 0.4) is 0 Å². The van der Waals surface area contributed by atoms with E-state index in [0.717, 1.165) is 4.57 Å². The van der Waals surface area contributed by atoms with E-state index in [0.29, 0.717) is 5.56 Å². The van der Waals surface area contributed by atoms with Crippen LogP contribution in [0, 0.1) is 35.3 Å². The van der Waals surface area contributed by atoms with Gasteiger partial charge in [0, 0.05) is 30.8 Å². The molecule has 0 aliphatic rings. The third-order valence-electron chi connectivity index (χ3n) is 3.97. The fourth-order valence-electron chi connectivity index (χ4n) is 2.42. The molecule has 2 aromatic rings. The minimum atomic E-state index is -0.677. The molecule has 0 atom stereocenters. The lowest BCUT2D eigenvalue weighted by molar-refractivity contribution is -0.384. The minimum Gasteiger partial charge on any atom is -0.493 e. The summed E-state index contributed by atoms with van der Waals surface area (Å²) in [5.41, 5.74) is -0.171. The SMILES string of the molecule is Cc1ccc([N+](=O)[O-])cc1N=Nc1c(C)c(C#N)c(O)n(CCCO)c1=O. The molecule has 1 aromatic heterocycles. The molecule has 0 bridgehead atoms. The van der Waals surface area contributed by atoms with Crippen LogP contribution in [0.1, 0.15) is 23.1 Å². The average molecular weight is 371 g/mol. The number of nitriles is 1. The summed E-state index contributed by atoms with van der Waals surface area (Å²) >= 11 is 0. The van der Waals surface area contributed by atoms with Crippen LogP contribution in [-0.2, 0) is 6.54 Å². The number of benzene rings is 1. The Bertz CT molecular complexity index is 1020. The van der Waals surface area contributed by atoms with Gasteiger partial charge in [-0.25, -0.2) is 0 Å². The Kier molecular flexibility index (Phi) is 5.99. The van der Waals surface area contributed by atoms with Gasteiger partial charge in [-0.05, 0) is 25.8 Å².